The Kier molecular flexibility index (Phi) is 8.03. The van der Waals surface area contributed by atoms with Gasteiger partial charge in [0.25, 0.3) is 5.91 Å². The van der Waals surface area contributed by atoms with Crippen molar-refractivity contribution in [1.29, 1.82) is 0 Å². The van der Waals surface area contributed by atoms with E-state index in [-0.39, 0.29) is 61.6 Å². The van der Waals surface area contributed by atoms with E-state index in [0.717, 1.165) is 0 Å². The number of amides is 5. The van der Waals surface area contributed by atoms with Crippen LogP contribution in [0.3, 0.4) is 0 Å². The molecule has 2 aliphatic rings. The number of carbonyl (C=O) groups is 5. The Morgan fingerprint density at radius 1 is 1.15 bits per heavy atom. The highest BCUT2D eigenvalue weighted by Crippen LogP contribution is 2.32. The zero-order valence-electron chi connectivity index (χ0n) is 19.9. The van der Waals surface area contributed by atoms with Crippen LogP contribution < -0.4 is 16.0 Å². The Morgan fingerprint density at radius 3 is 2.62 bits per heavy atom. The third-order valence-electron chi connectivity index (χ3n) is 5.65. The summed E-state index contributed by atoms with van der Waals surface area (Å²) < 4.78 is 5.41. The monoisotopic (exact) mass is 472 g/mol. The van der Waals surface area contributed by atoms with Crippen molar-refractivity contribution in [3.05, 3.63) is 29.3 Å². The summed E-state index contributed by atoms with van der Waals surface area (Å²) in [6.45, 7) is 6.28. The number of unbranched alkanes of at least 4 members (excludes halogenated alkanes) is 1. The van der Waals surface area contributed by atoms with Gasteiger partial charge < -0.3 is 20.3 Å². The molecule has 1 atom stereocenters. The summed E-state index contributed by atoms with van der Waals surface area (Å²) in [4.78, 5) is 62.2. The molecule has 5 amide bonds. The quantitative estimate of drug-likeness (QED) is 0.368. The second-order valence-electron chi connectivity index (χ2n) is 9.49. The highest BCUT2D eigenvalue weighted by molar-refractivity contribution is 6.06. The lowest BCUT2D eigenvalue weighted by Crippen LogP contribution is -2.52. The van der Waals surface area contributed by atoms with Crippen LogP contribution in [0.25, 0.3) is 0 Å². The summed E-state index contributed by atoms with van der Waals surface area (Å²) in [7, 11) is 0. The molecule has 10 heteroatoms. The molecule has 184 valence electrons. The van der Waals surface area contributed by atoms with Crippen LogP contribution in [0.2, 0.25) is 0 Å². The molecule has 1 aromatic rings. The molecule has 2 heterocycles. The number of benzene rings is 1. The Labute approximate surface area is 198 Å². The zero-order chi connectivity index (χ0) is 24.9. The number of carbonyl (C=O) groups excluding carboxylic acids is 5. The number of hydrogen-bond donors (Lipinski definition) is 3. The minimum atomic E-state index is -0.704. The predicted octanol–water partition coefficient (Wildman–Crippen LogP) is 1.49. The molecular weight excluding hydrogens is 440 g/mol. The van der Waals surface area contributed by atoms with Gasteiger partial charge in [-0.1, -0.05) is 6.07 Å². The molecule has 2 aliphatic heterocycles. The molecule has 0 aromatic heterocycles. The van der Waals surface area contributed by atoms with Crippen LogP contribution in [-0.4, -0.2) is 59.2 Å². The van der Waals surface area contributed by atoms with Gasteiger partial charge in [-0.25, -0.2) is 0 Å². The average molecular weight is 473 g/mol. The summed E-state index contributed by atoms with van der Waals surface area (Å²) >= 11 is 0. The Morgan fingerprint density at radius 2 is 1.91 bits per heavy atom. The highest BCUT2D eigenvalue weighted by atomic mass is 16.5. The van der Waals surface area contributed by atoms with Crippen molar-refractivity contribution in [3.63, 3.8) is 0 Å². The number of nitrogens with zero attached hydrogens (tertiary/aromatic N) is 1. The SMILES string of the molecule is CC(C)(C)OCC(=O)NCCCCC(=O)Nc1cccc2c1CN(C1CCC(=O)NC1=O)C2=O. The first-order valence-corrected chi connectivity index (χ1v) is 11.5. The number of hydrogen-bond acceptors (Lipinski definition) is 6. The van der Waals surface area contributed by atoms with E-state index in [1.807, 2.05) is 20.8 Å². The van der Waals surface area contributed by atoms with Crippen molar-refractivity contribution in [1.82, 2.24) is 15.5 Å². The van der Waals surface area contributed by atoms with Crippen LogP contribution >= 0.6 is 0 Å². The number of fused-ring (bicyclic) bond motifs is 1. The summed E-state index contributed by atoms with van der Waals surface area (Å²) in [6.07, 6.45) is 1.96. The number of rotatable bonds is 9. The molecule has 0 radical (unpaired) electrons. The summed E-state index contributed by atoms with van der Waals surface area (Å²) in [5, 5.41) is 7.91. The van der Waals surface area contributed by atoms with Gasteiger partial charge in [0.2, 0.25) is 23.6 Å². The Hall–Kier alpha value is -3.27. The molecule has 1 fully saturated rings. The van der Waals surface area contributed by atoms with Crippen LogP contribution in [0, 0.1) is 0 Å². The van der Waals surface area contributed by atoms with Gasteiger partial charge in [-0.3, -0.25) is 29.3 Å². The Balaban J connectivity index is 1.47. The fourth-order valence-electron chi connectivity index (χ4n) is 3.89. The van der Waals surface area contributed by atoms with Crippen molar-refractivity contribution < 1.29 is 28.7 Å². The third-order valence-corrected chi connectivity index (χ3v) is 5.65. The minimum absolute atomic E-state index is 0.00232. The summed E-state index contributed by atoms with van der Waals surface area (Å²) in [5.74, 6) is -1.48. The molecule has 0 saturated carbocycles. The molecule has 1 unspecified atom stereocenters. The van der Waals surface area contributed by atoms with E-state index in [1.165, 1.54) is 4.90 Å². The van der Waals surface area contributed by atoms with Crippen molar-refractivity contribution in [2.24, 2.45) is 0 Å². The molecule has 0 aliphatic carbocycles. The van der Waals surface area contributed by atoms with Gasteiger partial charge in [-0.05, 0) is 52.2 Å². The van der Waals surface area contributed by atoms with Crippen molar-refractivity contribution >= 4 is 35.2 Å². The maximum atomic E-state index is 12.9. The molecule has 10 nitrogen and oxygen atoms in total. The van der Waals surface area contributed by atoms with E-state index in [2.05, 4.69) is 16.0 Å². The van der Waals surface area contributed by atoms with E-state index >= 15 is 0 Å². The zero-order valence-corrected chi connectivity index (χ0v) is 19.9. The number of ether oxygens (including phenoxy) is 1. The summed E-state index contributed by atoms with van der Waals surface area (Å²) in [5.41, 5.74) is 1.27. The van der Waals surface area contributed by atoms with Crippen molar-refractivity contribution in [3.8, 4) is 0 Å². The first-order chi connectivity index (χ1) is 16.0. The maximum Gasteiger partial charge on any atom is 0.255 e. The fraction of sp³-hybridized carbons (Fsp3) is 0.542. The number of anilines is 1. The average Bonchev–Trinajstić information content (AvgIpc) is 3.09. The largest absolute Gasteiger partial charge is 0.366 e. The lowest BCUT2D eigenvalue weighted by molar-refractivity contribution is -0.137. The molecule has 1 aromatic carbocycles. The molecule has 0 spiro atoms. The van der Waals surface area contributed by atoms with Crippen LogP contribution in [0.4, 0.5) is 5.69 Å². The molecule has 3 rings (SSSR count). The standard InChI is InChI=1S/C24H32N4O6/c1-24(2,3)34-14-21(31)25-12-5-4-9-19(29)26-17-8-6-7-15-16(17)13-28(23(15)33)18-10-11-20(30)27-22(18)32/h6-8,18H,4-5,9-14H2,1-3H3,(H,25,31)(H,26,29)(H,27,30,32). The third kappa shape index (κ3) is 6.63. The van der Waals surface area contributed by atoms with Crippen LogP contribution in [0.1, 0.15) is 68.8 Å². The van der Waals surface area contributed by atoms with E-state index in [4.69, 9.17) is 4.74 Å². The topological polar surface area (TPSA) is 134 Å². The van der Waals surface area contributed by atoms with E-state index < -0.39 is 11.9 Å². The van der Waals surface area contributed by atoms with Gasteiger partial charge >= 0.3 is 0 Å². The Bertz CT molecular complexity index is 984. The van der Waals surface area contributed by atoms with E-state index in [1.54, 1.807) is 18.2 Å². The molecule has 3 N–H and O–H groups in total. The van der Waals surface area contributed by atoms with Crippen LogP contribution in [0.15, 0.2) is 18.2 Å². The van der Waals surface area contributed by atoms with Crippen LogP contribution in [-0.2, 0) is 30.5 Å². The summed E-state index contributed by atoms with van der Waals surface area (Å²) in [6, 6.07) is 4.39. The van der Waals surface area contributed by atoms with Gasteiger partial charge in [-0.2, -0.15) is 0 Å². The second-order valence-corrected chi connectivity index (χ2v) is 9.49. The number of imide groups is 1. The van der Waals surface area contributed by atoms with Crippen molar-refractivity contribution in [2.45, 2.75) is 71.1 Å². The van der Waals surface area contributed by atoms with E-state index in [0.29, 0.717) is 36.2 Å². The highest BCUT2D eigenvalue weighted by Gasteiger charge is 2.39. The van der Waals surface area contributed by atoms with Crippen LogP contribution in [0.5, 0.6) is 0 Å². The first kappa shape index (κ1) is 25.4. The maximum absolute atomic E-state index is 12.9. The molecule has 1 saturated heterocycles. The number of piperidine rings is 1. The molecule has 34 heavy (non-hydrogen) atoms. The van der Waals surface area contributed by atoms with Gasteiger partial charge in [0.1, 0.15) is 12.6 Å². The van der Waals surface area contributed by atoms with E-state index in [9.17, 15) is 24.0 Å². The van der Waals surface area contributed by atoms with Gasteiger partial charge in [0.15, 0.2) is 0 Å². The molecule has 0 bridgehead atoms. The lowest BCUT2D eigenvalue weighted by Gasteiger charge is -2.29. The second kappa shape index (κ2) is 10.8. The van der Waals surface area contributed by atoms with Crippen molar-refractivity contribution in [2.75, 3.05) is 18.5 Å². The smallest absolute Gasteiger partial charge is 0.255 e. The fourth-order valence-corrected chi connectivity index (χ4v) is 3.89. The van der Waals surface area contributed by atoms with Gasteiger partial charge in [-0.15, -0.1) is 0 Å². The first-order valence-electron chi connectivity index (χ1n) is 11.5. The van der Waals surface area contributed by atoms with Gasteiger partial charge in [0.05, 0.1) is 5.60 Å². The normalized spacial score (nSPS) is 17.9. The van der Waals surface area contributed by atoms with Gasteiger partial charge in [0, 0.05) is 42.7 Å². The minimum Gasteiger partial charge on any atom is -0.366 e. The predicted molar refractivity (Wildman–Crippen MR) is 124 cm³/mol. The molecular formula is C24H32N4O6. The number of nitrogens with one attached hydrogen (secondary N) is 3. The lowest BCUT2D eigenvalue weighted by atomic mass is 10.0.